The van der Waals surface area contributed by atoms with E-state index in [-0.39, 0.29) is 37.5 Å². The number of carbonyl (C=O) groups is 3. The molecule has 388 valence electrons. The Labute approximate surface area is 424 Å². The summed E-state index contributed by atoms with van der Waals surface area (Å²) in [5.41, 5.74) is 0. The van der Waals surface area contributed by atoms with Gasteiger partial charge in [-0.3, -0.25) is 14.4 Å². The number of ether oxygens (including phenoxy) is 3. The molecule has 0 radical (unpaired) electrons. The summed E-state index contributed by atoms with van der Waals surface area (Å²) in [5, 5.41) is 0. The maximum absolute atomic E-state index is 12.8. The Kier molecular flexibility index (Phi) is 52.5. The molecular weight excluding hydrogens is 853 g/mol. The van der Waals surface area contributed by atoms with Gasteiger partial charge in [0.25, 0.3) is 0 Å². The first-order valence-corrected chi connectivity index (χ1v) is 27.7. The molecule has 0 amide bonds. The van der Waals surface area contributed by atoms with E-state index in [2.05, 4.69) is 154 Å². The molecule has 6 heteroatoms. The topological polar surface area (TPSA) is 78.9 Å². The van der Waals surface area contributed by atoms with Crippen molar-refractivity contribution in [2.24, 2.45) is 0 Å². The molecule has 0 N–H and O–H groups in total. The van der Waals surface area contributed by atoms with E-state index in [1.807, 2.05) is 0 Å². The van der Waals surface area contributed by atoms with Crippen LogP contribution in [-0.2, 0) is 28.6 Å². The lowest BCUT2D eigenvalue weighted by molar-refractivity contribution is -0.167. The van der Waals surface area contributed by atoms with Crippen LogP contribution in [0.4, 0.5) is 0 Å². The lowest BCUT2D eigenvalue weighted by atomic mass is 10.1. The van der Waals surface area contributed by atoms with E-state index in [1.165, 1.54) is 51.4 Å². The molecule has 0 rings (SSSR count). The van der Waals surface area contributed by atoms with Crippen molar-refractivity contribution in [1.82, 2.24) is 0 Å². The summed E-state index contributed by atoms with van der Waals surface area (Å²) in [5.74, 6) is -1.02. The van der Waals surface area contributed by atoms with Crippen molar-refractivity contribution in [3.05, 3.63) is 134 Å². The lowest BCUT2D eigenvalue weighted by Gasteiger charge is -2.18. The molecule has 0 heterocycles. The third-order valence-corrected chi connectivity index (χ3v) is 11.1. The minimum absolute atomic E-state index is 0.122. The molecule has 0 saturated carbocycles. The molecule has 0 aliphatic heterocycles. The van der Waals surface area contributed by atoms with Crippen molar-refractivity contribution in [3.63, 3.8) is 0 Å². The third-order valence-electron chi connectivity index (χ3n) is 11.1. The van der Waals surface area contributed by atoms with Crippen molar-refractivity contribution in [2.75, 3.05) is 13.2 Å². The molecule has 0 aliphatic rings. The highest BCUT2D eigenvalue weighted by atomic mass is 16.6. The van der Waals surface area contributed by atoms with Crippen LogP contribution in [0.25, 0.3) is 0 Å². The van der Waals surface area contributed by atoms with Gasteiger partial charge >= 0.3 is 17.9 Å². The molecule has 0 saturated heterocycles. The summed E-state index contributed by atoms with van der Waals surface area (Å²) >= 11 is 0. The number of esters is 3. The second-order valence-corrected chi connectivity index (χ2v) is 17.7. The summed E-state index contributed by atoms with van der Waals surface area (Å²) in [6.07, 6.45) is 78.6. The van der Waals surface area contributed by atoms with Gasteiger partial charge in [0.15, 0.2) is 6.10 Å². The molecular formula is C63H100O6. The van der Waals surface area contributed by atoms with Gasteiger partial charge in [-0.25, -0.2) is 0 Å². The molecule has 0 aliphatic carbocycles. The summed E-state index contributed by atoms with van der Waals surface area (Å²) in [6, 6.07) is 0. The predicted molar refractivity (Wildman–Crippen MR) is 297 cm³/mol. The first-order valence-electron chi connectivity index (χ1n) is 27.7. The van der Waals surface area contributed by atoms with Crippen LogP contribution in [0.15, 0.2) is 134 Å². The van der Waals surface area contributed by atoms with Crippen LogP contribution < -0.4 is 0 Å². The second-order valence-electron chi connectivity index (χ2n) is 17.7. The van der Waals surface area contributed by atoms with E-state index >= 15 is 0 Å². The largest absolute Gasteiger partial charge is 0.462 e. The molecule has 6 nitrogen and oxygen atoms in total. The van der Waals surface area contributed by atoms with E-state index in [9.17, 15) is 14.4 Å². The molecule has 69 heavy (non-hydrogen) atoms. The van der Waals surface area contributed by atoms with Crippen LogP contribution >= 0.6 is 0 Å². The highest BCUT2D eigenvalue weighted by Crippen LogP contribution is 2.12. The molecule has 0 spiro atoms. The zero-order chi connectivity index (χ0) is 50.0. The van der Waals surface area contributed by atoms with Crippen LogP contribution in [-0.4, -0.2) is 37.2 Å². The van der Waals surface area contributed by atoms with Crippen LogP contribution in [0.3, 0.4) is 0 Å². The van der Waals surface area contributed by atoms with Crippen molar-refractivity contribution < 1.29 is 28.6 Å². The molecule has 0 aromatic rings. The Morgan fingerprint density at radius 2 is 0.565 bits per heavy atom. The Morgan fingerprint density at radius 3 is 0.913 bits per heavy atom. The average Bonchev–Trinajstić information content (AvgIpc) is 3.35. The molecule has 0 aromatic carbocycles. The van der Waals surface area contributed by atoms with Gasteiger partial charge in [-0.15, -0.1) is 0 Å². The number of hydrogen-bond acceptors (Lipinski definition) is 6. The predicted octanol–water partition coefficient (Wildman–Crippen LogP) is 18.6. The lowest BCUT2D eigenvalue weighted by Crippen LogP contribution is -2.30. The highest BCUT2D eigenvalue weighted by Gasteiger charge is 2.19. The second kappa shape index (κ2) is 56.1. The molecule has 0 unspecified atom stereocenters. The average molecular weight is 953 g/mol. The van der Waals surface area contributed by atoms with E-state index in [1.54, 1.807) is 0 Å². The van der Waals surface area contributed by atoms with Gasteiger partial charge in [0, 0.05) is 19.3 Å². The number of rotatable bonds is 48. The Morgan fingerprint density at radius 1 is 0.304 bits per heavy atom. The van der Waals surface area contributed by atoms with Crippen molar-refractivity contribution in [1.29, 1.82) is 0 Å². The van der Waals surface area contributed by atoms with Crippen LogP contribution in [0.5, 0.6) is 0 Å². The fourth-order valence-corrected chi connectivity index (χ4v) is 6.95. The fraction of sp³-hybridized carbons (Fsp3) is 0.603. The number of allylic oxidation sites excluding steroid dienone is 22. The Hall–Kier alpha value is -4.45. The van der Waals surface area contributed by atoms with Gasteiger partial charge in [-0.2, -0.15) is 0 Å². The number of hydrogen-bond donors (Lipinski definition) is 0. The first-order chi connectivity index (χ1) is 34.0. The summed E-state index contributed by atoms with van der Waals surface area (Å²) < 4.78 is 16.8. The highest BCUT2D eigenvalue weighted by molar-refractivity contribution is 5.71. The minimum Gasteiger partial charge on any atom is -0.462 e. The quantitative estimate of drug-likeness (QED) is 0.0262. The zero-order valence-electron chi connectivity index (χ0n) is 44.3. The molecule has 0 aromatic heterocycles. The Bertz CT molecular complexity index is 1510. The third kappa shape index (κ3) is 54.4. The smallest absolute Gasteiger partial charge is 0.306 e. The number of carbonyl (C=O) groups excluding carboxylic acids is 3. The van der Waals surface area contributed by atoms with Crippen LogP contribution in [0.1, 0.15) is 226 Å². The van der Waals surface area contributed by atoms with Crippen molar-refractivity contribution in [2.45, 2.75) is 232 Å². The minimum atomic E-state index is -0.825. The standard InChI is InChI=1S/C63H100O6/c1-4-7-10-13-16-19-22-25-28-30-31-33-35-38-41-44-47-50-53-56-62(65)68-59-60(58-67-61(64)55-52-49-46-43-40-37-34-27-24-21-18-15-12-9-6-3)69-63(66)57-54-51-48-45-42-39-36-32-29-26-23-20-17-14-11-8-5-2/h8,11,16-21,25-29,31,33-34,36,38-41,43,60H,4-7,9-10,12-15,22-24,30,32,35,37,42,44-59H2,1-3H3/b11-8-,19-16-,20-17-,21-18-,28-25-,29-26-,33-31-,34-27-,39-36-,41-38-,43-40-/t60-/m0/s1. The molecule has 0 bridgehead atoms. The number of unbranched alkanes of at least 4 members (excludes halogenated alkanes) is 15. The van der Waals surface area contributed by atoms with Gasteiger partial charge in [-0.05, 0) is 141 Å². The van der Waals surface area contributed by atoms with E-state index in [0.29, 0.717) is 19.3 Å². The first kappa shape index (κ1) is 64.5. The van der Waals surface area contributed by atoms with Crippen LogP contribution in [0.2, 0.25) is 0 Å². The Balaban J connectivity index is 4.58. The van der Waals surface area contributed by atoms with Gasteiger partial charge in [0.05, 0.1) is 0 Å². The summed E-state index contributed by atoms with van der Waals surface area (Å²) in [6.45, 7) is 6.37. The van der Waals surface area contributed by atoms with Crippen LogP contribution in [0, 0.1) is 0 Å². The maximum Gasteiger partial charge on any atom is 0.306 e. The molecule has 0 fully saturated rings. The van der Waals surface area contributed by atoms with Gasteiger partial charge in [-0.1, -0.05) is 199 Å². The maximum atomic E-state index is 12.8. The monoisotopic (exact) mass is 953 g/mol. The van der Waals surface area contributed by atoms with E-state index in [4.69, 9.17) is 14.2 Å². The zero-order valence-corrected chi connectivity index (χ0v) is 44.3. The van der Waals surface area contributed by atoms with Gasteiger partial charge < -0.3 is 14.2 Å². The molecule has 1 atom stereocenters. The van der Waals surface area contributed by atoms with Crippen molar-refractivity contribution >= 4 is 17.9 Å². The summed E-state index contributed by atoms with van der Waals surface area (Å²) in [7, 11) is 0. The van der Waals surface area contributed by atoms with E-state index in [0.717, 1.165) is 128 Å². The van der Waals surface area contributed by atoms with Gasteiger partial charge in [0.2, 0.25) is 0 Å². The SMILES string of the molecule is CC/C=C\C/C=C\C/C=C\C/C=C\CCCCCCC(=O)O[C@@H](COC(=O)CCCC/C=C\C/C=C\C/C=C\CCCCC)COC(=O)CCCCC/C=C\C/C=C\C/C=C\C/C=C\CCCCC. The van der Waals surface area contributed by atoms with Crippen molar-refractivity contribution in [3.8, 4) is 0 Å². The normalized spacial score (nSPS) is 13.1. The summed E-state index contributed by atoms with van der Waals surface area (Å²) in [4.78, 5) is 38.1. The fourth-order valence-electron chi connectivity index (χ4n) is 6.95. The van der Waals surface area contributed by atoms with Gasteiger partial charge in [0.1, 0.15) is 13.2 Å². The van der Waals surface area contributed by atoms with E-state index < -0.39 is 6.10 Å².